The smallest absolute Gasteiger partial charge is 0.227 e. The van der Waals surface area contributed by atoms with Crippen LogP contribution < -0.4 is 5.32 Å². The first kappa shape index (κ1) is 10.9. The summed E-state index contributed by atoms with van der Waals surface area (Å²) in [6.45, 7) is 6.15. The molecule has 1 atom stereocenters. The van der Waals surface area contributed by atoms with Crippen molar-refractivity contribution in [3.05, 3.63) is 0 Å². The van der Waals surface area contributed by atoms with Crippen molar-refractivity contribution in [2.75, 3.05) is 26.2 Å². The SMILES string of the molecule is CCC1CCN(C(=O)C2CCNC2)CC1. The molecule has 0 spiro atoms. The van der Waals surface area contributed by atoms with E-state index in [2.05, 4.69) is 17.1 Å². The van der Waals surface area contributed by atoms with Crippen LogP contribution in [0.3, 0.4) is 0 Å². The van der Waals surface area contributed by atoms with Crippen LogP contribution in [-0.4, -0.2) is 37.0 Å². The molecule has 0 aliphatic carbocycles. The van der Waals surface area contributed by atoms with E-state index in [4.69, 9.17) is 0 Å². The van der Waals surface area contributed by atoms with Crippen molar-refractivity contribution in [2.45, 2.75) is 32.6 Å². The van der Waals surface area contributed by atoms with Gasteiger partial charge in [0, 0.05) is 19.6 Å². The summed E-state index contributed by atoms with van der Waals surface area (Å²) < 4.78 is 0. The molecular formula is C12H22N2O. The average molecular weight is 210 g/mol. The van der Waals surface area contributed by atoms with Crippen LogP contribution in [0.4, 0.5) is 0 Å². The molecule has 0 radical (unpaired) electrons. The van der Waals surface area contributed by atoms with Gasteiger partial charge in [-0.3, -0.25) is 4.79 Å². The van der Waals surface area contributed by atoms with Gasteiger partial charge in [-0.2, -0.15) is 0 Å². The number of hydrogen-bond donors (Lipinski definition) is 1. The third-order valence-electron chi connectivity index (χ3n) is 3.91. The molecule has 2 aliphatic rings. The van der Waals surface area contributed by atoms with E-state index in [9.17, 15) is 4.79 Å². The Morgan fingerprint density at radius 2 is 2.07 bits per heavy atom. The lowest BCUT2D eigenvalue weighted by atomic mass is 9.93. The highest BCUT2D eigenvalue weighted by Gasteiger charge is 2.29. The fraction of sp³-hybridized carbons (Fsp3) is 0.917. The number of carbonyl (C=O) groups is 1. The van der Waals surface area contributed by atoms with Gasteiger partial charge in [0.2, 0.25) is 5.91 Å². The highest BCUT2D eigenvalue weighted by atomic mass is 16.2. The monoisotopic (exact) mass is 210 g/mol. The summed E-state index contributed by atoms with van der Waals surface area (Å²) in [5.74, 6) is 1.52. The first-order chi connectivity index (χ1) is 7.31. The minimum absolute atomic E-state index is 0.267. The van der Waals surface area contributed by atoms with Crippen molar-refractivity contribution in [1.29, 1.82) is 0 Å². The van der Waals surface area contributed by atoms with E-state index < -0.39 is 0 Å². The lowest BCUT2D eigenvalue weighted by Crippen LogP contribution is -2.42. The first-order valence-corrected chi connectivity index (χ1v) is 6.30. The van der Waals surface area contributed by atoms with Gasteiger partial charge in [0.25, 0.3) is 0 Å². The molecule has 3 nitrogen and oxygen atoms in total. The Hall–Kier alpha value is -0.570. The van der Waals surface area contributed by atoms with Gasteiger partial charge in [0.05, 0.1) is 5.92 Å². The Morgan fingerprint density at radius 1 is 1.33 bits per heavy atom. The number of carbonyl (C=O) groups excluding carboxylic acids is 1. The maximum atomic E-state index is 12.1. The first-order valence-electron chi connectivity index (χ1n) is 6.30. The molecule has 0 saturated carbocycles. The zero-order valence-electron chi connectivity index (χ0n) is 9.67. The molecule has 1 amide bonds. The summed E-state index contributed by atoms with van der Waals surface area (Å²) in [4.78, 5) is 14.2. The van der Waals surface area contributed by atoms with Crippen LogP contribution in [0, 0.1) is 11.8 Å². The topological polar surface area (TPSA) is 32.3 Å². The van der Waals surface area contributed by atoms with Crippen molar-refractivity contribution >= 4 is 5.91 Å². The van der Waals surface area contributed by atoms with Crippen molar-refractivity contribution in [3.8, 4) is 0 Å². The van der Waals surface area contributed by atoms with Crippen LogP contribution in [0.2, 0.25) is 0 Å². The van der Waals surface area contributed by atoms with E-state index in [0.717, 1.165) is 38.5 Å². The van der Waals surface area contributed by atoms with Crippen LogP contribution in [0.5, 0.6) is 0 Å². The van der Waals surface area contributed by atoms with E-state index >= 15 is 0 Å². The van der Waals surface area contributed by atoms with Gasteiger partial charge >= 0.3 is 0 Å². The molecule has 2 saturated heterocycles. The Balaban J connectivity index is 1.81. The standard InChI is InChI=1S/C12H22N2O/c1-2-10-4-7-14(8-5-10)12(15)11-3-6-13-9-11/h10-11,13H,2-9H2,1H3. The molecule has 15 heavy (non-hydrogen) atoms. The lowest BCUT2D eigenvalue weighted by Gasteiger charge is -2.33. The molecular weight excluding hydrogens is 188 g/mol. The summed E-state index contributed by atoms with van der Waals surface area (Å²) in [6.07, 6.45) is 4.73. The third kappa shape index (κ3) is 2.51. The molecule has 0 bridgehead atoms. The zero-order valence-corrected chi connectivity index (χ0v) is 9.67. The van der Waals surface area contributed by atoms with E-state index in [1.54, 1.807) is 0 Å². The Bertz CT molecular complexity index is 216. The third-order valence-corrected chi connectivity index (χ3v) is 3.91. The van der Waals surface area contributed by atoms with Crippen LogP contribution in [0.25, 0.3) is 0 Å². The van der Waals surface area contributed by atoms with Gasteiger partial charge in [-0.15, -0.1) is 0 Å². The van der Waals surface area contributed by atoms with Crippen LogP contribution in [0.1, 0.15) is 32.6 Å². The zero-order chi connectivity index (χ0) is 10.7. The minimum Gasteiger partial charge on any atom is -0.342 e. The van der Waals surface area contributed by atoms with Crippen molar-refractivity contribution in [2.24, 2.45) is 11.8 Å². The van der Waals surface area contributed by atoms with Crippen LogP contribution in [-0.2, 0) is 4.79 Å². The highest BCUT2D eigenvalue weighted by molar-refractivity contribution is 5.79. The van der Waals surface area contributed by atoms with Gasteiger partial charge in [0.1, 0.15) is 0 Å². The van der Waals surface area contributed by atoms with Crippen molar-refractivity contribution < 1.29 is 4.79 Å². The number of amides is 1. The predicted octanol–water partition coefficient (Wildman–Crippen LogP) is 1.24. The van der Waals surface area contributed by atoms with E-state index in [-0.39, 0.29) is 5.92 Å². The van der Waals surface area contributed by atoms with Gasteiger partial charge in [-0.1, -0.05) is 13.3 Å². The summed E-state index contributed by atoms with van der Waals surface area (Å²) in [5, 5.41) is 3.26. The van der Waals surface area contributed by atoms with Crippen LogP contribution in [0.15, 0.2) is 0 Å². The average Bonchev–Trinajstić information content (AvgIpc) is 2.82. The van der Waals surface area contributed by atoms with Crippen molar-refractivity contribution in [1.82, 2.24) is 10.2 Å². The van der Waals surface area contributed by atoms with E-state index in [1.807, 2.05) is 0 Å². The molecule has 1 N–H and O–H groups in total. The summed E-state index contributed by atoms with van der Waals surface area (Å²) in [5.41, 5.74) is 0. The van der Waals surface area contributed by atoms with Crippen molar-refractivity contribution in [3.63, 3.8) is 0 Å². The van der Waals surface area contributed by atoms with Gasteiger partial charge < -0.3 is 10.2 Å². The molecule has 2 rings (SSSR count). The number of nitrogens with zero attached hydrogens (tertiary/aromatic N) is 1. The summed E-state index contributed by atoms with van der Waals surface area (Å²) in [6, 6.07) is 0. The molecule has 0 aromatic rings. The largest absolute Gasteiger partial charge is 0.342 e. The normalized spacial score (nSPS) is 28.3. The van der Waals surface area contributed by atoms with Crippen LogP contribution >= 0.6 is 0 Å². The number of nitrogens with one attached hydrogen (secondary N) is 1. The van der Waals surface area contributed by atoms with Gasteiger partial charge in [0.15, 0.2) is 0 Å². The quantitative estimate of drug-likeness (QED) is 0.744. The Kier molecular flexibility index (Phi) is 3.62. The number of hydrogen-bond acceptors (Lipinski definition) is 2. The molecule has 0 aromatic heterocycles. The summed E-state index contributed by atoms with van der Waals surface area (Å²) >= 11 is 0. The molecule has 2 fully saturated rings. The van der Waals surface area contributed by atoms with Gasteiger partial charge in [-0.25, -0.2) is 0 Å². The molecule has 2 heterocycles. The molecule has 2 aliphatic heterocycles. The van der Waals surface area contributed by atoms with E-state index in [0.29, 0.717) is 5.91 Å². The second-order valence-corrected chi connectivity index (χ2v) is 4.87. The second-order valence-electron chi connectivity index (χ2n) is 4.87. The maximum Gasteiger partial charge on any atom is 0.227 e. The summed E-state index contributed by atoms with van der Waals surface area (Å²) in [7, 11) is 0. The minimum atomic E-state index is 0.267. The number of rotatable bonds is 2. The lowest BCUT2D eigenvalue weighted by molar-refractivity contribution is -0.136. The highest BCUT2D eigenvalue weighted by Crippen LogP contribution is 2.22. The molecule has 3 heteroatoms. The molecule has 0 aromatic carbocycles. The number of piperidine rings is 1. The maximum absolute atomic E-state index is 12.1. The van der Waals surface area contributed by atoms with Gasteiger partial charge in [-0.05, 0) is 31.7 Å². The molecule has 1 unspecified atom stereocenters. The fourth-order valence-corrected chi connectivity index (χ4v) is 2.69. The second kappa shape index (κ2) is 4.97. The molecule has 86 valence electrons. The Labute approximate surface area is 92.2 Å². The van der Waals surface area contributed by atoms with E-state index in [1.165, 1.54) is 19.3 Å². The predicted molar refractivity (Wildman–Crippen MR) is 60.6 cm³/mol. The Morgan fingerprint density at radius 3 is 2.60 bits per heavy atom. The fourth-order valence-electron chi connectivity index (χ4n) is 2.69. The number of likely N-dealkylation sites (tertiary alicyclic amines) is 1.